The van der Waals surface area contributed by atoms with Gasteiger partial charge in [0.05, 0.1) is 24.4 Å². The Hall–Kier alpha value is -1.81. The number of aryl methyl sites for hydroxylation is 1. The molecule has 0 unspecified atom stereocenters. The molecule has 2 heterocycles. The number of hydrogen-bond donors (Lipinski definition) is 1. The van der Waals surface area contributed by atoms with E-state index in [4.69, 9.17) is 15.5 Å². The third-order valence-electron chi connectivity index (χ3n) is 3.40. The molecule has 18 heavy (non-hydrogen) atoms. The van der Waals surface area contributed by atoms with Gasteiger partial charge in [0.25, 0.3) is 0 Å². The Morgan fingerprint density at radius 2 is 2.06 bits per heavy atom. The number of fused-ring (bicyclic) bond motifs is 1. The largest absolute Gasteiger partial charge is 0.397 e. The van der Waals surface area contributed by atoms with Crippen LogP contribution in [-0.2, 0) is 4.74 Å². The van der Waals surface area contributed by atoms with Crippen molar-refractivity contribution in [3.05, 3.63) is 29.8 Å². The van der Waals surface area contributed by atoms with Gasteiger partial charge in [-0.15, -0.1) is 0 Å². The van der Waals surface area contributed by atoms with Crippen LogP contribution in [0.4, 0.5) is 11.5 Å². The van der Waals surface area contributed by atoms with E-state index in [-0.39, 0.29) is 0 Å². The number of nitrogens with zero attached hydrogens (tertiary/aromatic N) is 2. The fraction of sp³-hybridized carbons (Fsp3) is 0.357. The first kappa shape index (κ1) is 11.3. The summed E-state index contributed by atoms with van der Waals surface area (Å²) in [6.07, 6.45) is 0. The molecule has 0 atom stereocenters. The molecule has 0 aliphatic carbocycles. The number of benzene rings is 1. The lowest BCUT2D eigenvalue weighted by atomic mass is 10.1. The quantitative estimate of drug-likeness (QED) is 0.778. The first-order valence-electron chi connectivity index (χ1n) is 6.24. The van der Waals surface area contributed by atoms with Crippen LogP contribution >= 0.6 is 0 Å². The van der Waals surface area contributed by atoms with Crippen LogP contribution in [0, 0.1) is 6.92 Å². The Balaban J connectivity index is 2.11. The topological polar surface area (TPSA) is 51.4 Å². The van der Waals surface area contributed by atoms with Gasteiger partial charge in [-0.25, -0.2) is 4.98 Å². The highest BCUT2D eigenvalue weighted by atomic mass is 16.5. The molecule has 4 heteroatoms. The standard InChI is InChI=1S/C14H17N3O/c1-10-9-13(17-5-7-18-8-6-17)16-14-11(10)3-2-4-12(14)15/h2-4,9H,5-8,15H2,1H3. The SMILES string of the molecule is Cc1cc(N2CCOCC2)nc2c(N)cccc12. The van der Waals surface area contributed by atoms with Gasteiger partial charge in [-0.05, 0) is 24.6 Å². The van der Waals surface area contributed by atoms with Crippen molar-refractivity contribution in [2.45, 2.75) is 6.92 Å². The molecule has 3 rings (SSSR count). The van der Waals surface area contributed by atoms with E-state index in [1.54, 1.807) is 0 Å². The third-order valence-corrected chi connectivity index (χ3v) is 3.40. The van der Waals surface area contributed by atoms with Crippen molar-refractivity contribution in [1.29, 1.82) is 0 Å². The second-order valence-electron chi connectivity index (χ2n) is 4.64. The Labute approximate surface area is 106 Å². The van der Waals surface area contributed by atoms with E-state index in [0.29, 0.717) is 0 Å². The molecule has 1 aliphatic heterocycles. The summed E-state index contributed by atoms with van der Waals surface area (Å²) in [6.45, 7) is 5.43. The number of nitrogens with two attached hydrogens (primary N) is 1. The molecule has 0 bridgehead atoms. The van der Waals surface area contributed by atoms with Crippen molar-refractivity contribution in [3.8, 4) is 0 Å². The number of aromatic nitrogens is 1. The molecular formula is C14H17N3O. The Kier molecular flexibility index (Phi) is 2.80. The second-order valence-corrected chi connectivity index (χ2v) is 4.64. The summed E-state index contributed by atoms with van der Waals surface area (Å²) in [7, 11) is 0. The molecule has 94 valence electrons. The van der Waals surface area contributed by atoms with Crippen LogP contribution < -0.4 is 10.6 Å². The van der Waals surface area contributed by atoms with Crippen molar-refractivity contribution >= 4 is 22.4 Å². The first-order valence-corrected chi connectivity index (χ1v) is 6.24. The Morgan fingerprint density at radius 1 is 1.28 bits per heavy atom. The summed E-state index contributed by atoms with van der Waals surface area (Å²) in [5, 5.41) is 1.13. The first-order chi connectivity index (χ1) is 8.75. The van der Waals surface area contributed by atoms with Crippen molar-refractivity contribution in [2.75, 3.05) is 36.9 Å². The molecule has 1 saturated heterocycles. The van der Waals surface area contributed by atoms with Crippen molar-refractivity contribution < 1.29 is 4.74 Å². The number of anilines is 2. The van der Waals surface area contributed by atoms with Gasteiger partial charge in [-0.1, -0.05) is 12.1 Å². The smallest absolute Gasteiger partial charge is 0.129 e. The zero-order chi connectivity index (χ0) is 12.5. The van der Waals surface area contributed by atoms with Gasteiger partial charge in [0.2, 0.25) is 0 Å². The van der Waals surface area contributed by atoms with Crippen LogP contribution in [0.5, 0.6) is 0 Å². The molecule has 1 aromatic heterocycles. The van der Waals surface area contributed by atoms with E-state index >= 15 is 0 Å². The molecule has 2 aromatic rings. The van der Waals surface area contributed by atoms with Crippen molar-refractivity contribution in [3.63, 3.8) is 0 Å². The predicted molar refractivity (Wildman–Crippen MR) is 73.9 cm³/mol. The summed E-state index contributed by atoms with van der Waals surface area (Å²) in [6, 6.07) is 8.07. The van der Waals surface area contributed by atoms with E-state index in [1.165, 1.54) is 5.56 Å². The zero-order valence-electron chi connectivity index (χ0n) is 10.5. The molecule has 0 radical (unpaired) electrons. The molecule has 1 aliphatic rings. The zero-order valence-corrected chi connectivity index (χ0v) is 10.5. The molecule has 0 saturated carbocycles. The van der Waals surface area contributed by atoms with Crippen molar-refractivity contribution in [2.24, 2.45) is 0 Å². The molecular weight excluding hydrogens is 226 g/mol. The third kappa shape index (κ3) is 1.88. The minimum atomic E-state index is 0.741. The number of rotatable bonds is 1. The van der Waals surface area contributed by atoms with Crippen LogP contribution in [0.2, 0.25) is 0 Å². The van der Waals surface area contributed by atoms with Crippen LogP contribution in [0.25, 0.3) is 10.9 Å². The summed E-state index contributed by atoms with van der Waals surface area (Å²) in [4.78, 5) is 6.96. The monoisotopic (exact) mass is 243 g/mol. The van der Waals surface area contributed by atoms with E-state index in [2.05, 4.69) is 24.0 Å². The molecule has 1 fully saturated rings. The summed E-state index contributed by atoms with van der Waals surface area (Å²) in [5.74, 6) is 1.00. The van der Waals surface area contributed by atoms with Gasteiger partial charge in [-0.3, -0.25) is 0 Å². The van der Waals surface area contributed by atoms with Crippen LogP contribution in [0.3, 0.4) is 0 Å². The maximum atomic E-state index is 6.02. The lowest BCUT2D eigenvalue weighted by molar-refractivity contribution is 0.122. The highest BCUT2D eigenvalue weighted by Crippen LogP contribution is 2.26. The van der Waals surface area contributed by atoms with Gasteiger partial charge in [0, 0.05) is 18.5 Å². The van der Waals surface area contributed by atoms with E-state index in [1.807, 2.05) is 12.1 Å². The predicted octanol–water partition coefficient (Wildman–Crippen LogP) is 1.96. The Bertz CT molecular complexity index is 577. The van der Waals surface area contributed by atoms with Crippen molar-refractivity contribution in [1.82, 2.24) is 4.98 Å². The minimum Gasteiger partial charge on any atom is -0.397 e. The molecule has 1 aromatic carbocycles. The maximum absolute atomic E-state index is 6.02. The lowest BCUT2D eigenvalue weighted by Gasteiger charge is -2.28. The van der Waals surface area contributed by atoms with Gasteiger partial charge < -0.3 is 15.4 Å². The normalized spacial score (nSPS) is 16.2. The van der Waals surface area contributed by atoms with Gasteiger partial charge in [0.15, 0.2) is 0 Å². The fourth-order valence-electron chi connectivity index (χ4n) is 2.38. The highest BCUT2D eigenvalue weighted by Gasteiger charge is 2.14. The number of hydrogen-bond acceptors (Lipinski definition) is 4. The number of para-hydroxylation sites is 1. The highest BCUT2D eigenvalue weighted by molar-refractivity contribution is 5.92. The number of ether oxygens (including phenoxy) is 1. The average Bonchev–Trinajstić information content (AvgIpc) is 2.41. The van der Waals surface area contributed by atoms with Gasteiger partial charge >= 0.3 is 0 Å². The van der Waals surface area contributed by atoms with Gasteiger partial charge in [-0.2, -0.15) is 0 Å². The second kappa shape index (κ2) is 4.46. The molecule has 4 nitrogen and oxygen atoms in total. The van der Waals surface area contributed by atoms with Crippen LogP contribution in [0.15, 0.2) is 24.3 Å². The fourth-order valence-corrected chi connectivity index (χ4v) is 2.38. The average molecular weight is 243 g/mol. The van der Waals surface area contributed by atoms with Crippen LogP contribution in [0.1, 0.15) is 5.56 Å². The van der Waals surface area contributed by atoms with E-state index in [0.717, 1.165) is 48.7 Å². The summed E-state index contributed by atoms with van der Waals surface area (Å²) in [5.41, 5.74) is 8.88. The minimum absolute atomic E-state index is 0.741. The van der Waals surface area contributed by atoms with Gasteiger partial charge in [0.1, 0.15) is 5.82 Å². The summed E-state index contributed by atoms with van der Waals surface area (Å²) < 4.78 is 5.37. The number of nitrogen functional groups attached to an aromatic ring is 1. The van der Waals surface area contributed by atoms with E-state index < -0.39 is 0 Å². The number of morpholine rings is 1. The summed E-state index contributed by atoms with van der Waals surface area (Å²) >= 11 is 0. The lowest BCUT2D eigenvalue weighted by Crippen LogP contribution is -2.36. The molecule has 2 N–H and O–H groups in total. The molecule has 0 spiro atoms. The Morgan fingerprint density at radius 3 is 2.83 bits per heavy atom. The molecule has 0 amide bonds. The number of pyridine rings is 1. The maximum Gasteiger partial charge on any atom is 0.129 e. The van der Waals surface area contributed by atoms with E-state index in [9.17, 15) is 0 Å². The van der Waals surface area contributed by atoms with Crippen LogP contribution in [-0.4, -0.2) is 31.3 Å².